The lowest BCUT2D eigenvalue weighted by Crippen LogP contribution is -2.32. The van der Waals surface area contributed by atoms with Gasteiger partial charge >= 0.3 is 0 Å². The van der Waals surface area contributed by atoms with Gasteiger partial charge < -0.3 is 9.80 Å². The van der Waals surface area contributed by atoms with Crippen molar-refractivity contribution in [2.24, 2.45) is 0 Å². The first-order valence-corrected chi connectivity index (χ1v) is 22.8. The van der Waals surface area contributed by atoms with Gasteiger partial charge in [-0.2, -0.15) is 0 Å². The maximum absolute atomic E-state index is 2.63. The van der Waals surface area contributed by atoms with Crippen LogP contribution in [0.4, 0.5) is 22.7 Å². The smallest absolute Gasteiger partial charge is 0.0577 e. The Hall–Kier alpha value is -7.42. The van der Waals surface area contributed by atoms with Crippen molar-refractivity contribution >= 4 is 65.8 Å². The van der Waals surface area contributed by atoms with Crippen LogP contribution >= 0.6 is 0 Å². The van der Waals surface area contributed by atoms with Crippen LogP contribution in [-0.2, 0) is 0 Å². The van der Waals surface area contributed by atoms with Gasteiger partial charge in [0.05, 0.1) is 23.5 Å². The Morgan fingerprint density at radius 3 is 1.12 bits per heavy atom. The summed E-state index contributed by atoms with van der Waals surface area (Å²) in [6.07, 6.45) is 16.0. The lowest BCUT2D eigenvalue weighted by Gasteiger charge is -2.38. The van der Waals surface area contributed by atoms with Crippen LogP contribution in [0, 0.1) is 13.8 Å². The second-order valence-electron chi connectivity index (χ2n) is 18.0. The van der Waals surface area contributed by atoms with Crippen LogP contribution in [0.5, 0.6) is 0 Å². The fourth-order valence-corrected chi connectivity index (χ4v) is 10.00. The Bertz CT molecular complexity index is 3150. The van der Waals surface area contributed by atoms with Crippen LogP contribution in [0.15, 0.2) is 217 Å². The van der Waals surface area contributed by atoms with E-state index in [9.17, 15) is 0 Å². The predicted molar refractivity (Wildman–Crippen MR) is 277 cm³/mol. The van der Waals surface area contributed by atoms with Crippen molar-refractivity contribution in [2.45, 2.75) is 52.6 Å². The number of aryl methyl sites for hydroxylation is 2. The van der Waals surface area contributed by atoms with Gasteiger partial charge in [-0.05, 0) is 133 Å². The third-order valence-electron chi connectivity index (χ3n) is 13.5. The molecule has 0 aromatic heterocycles. The molecule has 2 nitrogen and oxygen atoms in total. The van der Waals surface area contributed by atoms with Gasteiger partial charge in [0, 0.05) is 32.9 Å². The summed E-state index contributed by atoms with van der Waals surface area (Å²) in [6.45, 7) is 8.78. The minimum Gasteiger partial charge on any atom is -0.333 e. The largest absolute Gasteiger partial charge is 0.333 e. The third kappa shape index (κ3) is 7.29. The van der Waals surface area contributed by atoms with Crippen molar-refractivity contribution in [3.8, 4) is 22.3 Å². The van der Waals surface area contributed by atoms with E-state index in [1.807, 2.05) is 0 Å². The van der Waals surface area contributed by atoms with Crippen LogP contribution in [0.25, 0.3) is 65.3 Å². The highest BCUT2D eigenvalue weighted by atomic mass is 15.2. The van der Waals surface area contributed by atoms with Crippen molar-refractivity contribution in [2.75, 3.05) is 9.80 Å². The van der Waals surface area contributed by atoms with E-state index in [0.717, 1.165) is 12.8 Å². The topological polar surface area (TPSA) is 6.48 Å². The van der Waals surface area contributed by atoms with E-state index < -0.39 is 0 Å². The highest BCUT2D eigenvalue weighted by Crippen LogP contribution is 2.51. The van der Waals surface area contributed by atoms with Crippen molar-refractivity contribution in [3.05, 3.63) is 229 Å². The molecule has 0 saturated heterocycles. The standard InChI is InChI=1S/C62H52N2/c1-41-13-27-53(28-14-41)63(54-29-15-42(2)16-30-54)61-57-35-25-52(50-24-22-46-10-6-8-12-48(46)38-50)40-60(57)62(64(55-31-17-43(3)18-32-55)56-33-19-44(4)20-34-56)58-36-26-51(39-59(58)61)49-23-21-45-9-5-7-11-47(45)37-49/h5-29,31-33,35-40,54,56H,30,34H2,1-4H3. The molecule has 0 N–H and O–H groups in total. The fraction of sp³-hybridized carbons (Fsp3) is 0.129. The maximum Gasteiger partial charge on any atom is 0.0577 e. The molecule has 2 atom stereocenters. The van der Waals surface area contributed by atoms with Crippen LogP contribution in [0.2, 0.25) is 0 Å². The van der Waals surface area contributed by atoms with E-state index in [4.69, 9.17) is 0 Å². The minimum atomic E-state index is 0.107. The molecule has 9 aromatic rings. The summed E-state index contributed by atoms with van der Waals surface area (Å²) in [5, 5.41) is 9.91. The molecule has 11 rings (SSSR count). The van der Waals surface area contributed by atoms with Gasteiger partial charge in [0.1, 0.15) is 0 Å². The maximum atomic E-state index is 2.63. The van der Waals surface area contributed by atoms with Gasteiger partial charge in [0.15, 0.2) is 0 Å². The van der Waals surface area contributed by atoms with Crippen LogP contribution in [0.3, 0.4) is 0 Å². The molecule has 9 aromatic carbocycles. The Kier molecular flexibility index (Phi) is 10.1. The number of hydrogen-bond acceptors (Lipinski definition) is 2. The average molecular weight is 825 g/mol. The number of allylic oxidation sites excluding steroid dienone is 4. The second-order valence-corrected chi connectivity index (χ2v) is 18.0. The van der Waals surface area contributed by atoms with E-state index in [1.165, 1.54) is 110 Å². The van der Waals surface area contributed by atoms with E-state index in [0.29, 0.717) is 0 Å². The molecule has 64 heavy (non-hydrogen) atoms. The molecular weight excluding hydrogens is 773 g/mol. The summed E-state index contributed by atoms with van der Waals surface area (Å²) in [5.41, 5.74) is 14.8. The zero-order chi connectivity index (χ0) is 43.3. The summed E-state index contributed by atoms with van der Waals surface area (Å²) in [6, 6.07) is 64.2. The molecular formula is C62H52N2. The summed E-state index contributed by atoms with van der Waals surface area (Å²) in [5.74, 6) is 0. The van der Waals surface area contributed by atoms with Gasteiger partial charge in [-0.3, -0.25) is 0 Å². The molecule has 0 fully saturated rings. The monoisotopic (exact) mass is 824 g/mol. The van der Waals surface area contributed by atoms with Gasteiger partial charge in [0.25, 0.3) is 0 Å². The van der Waals surface area contributed by atoms with Gasteiger partial charge in [-0.25, -0.2) is 0 Å². The Labute approximate surface area is 377 Å². The highest BCUT2D eigenvalue weighted by Gasteiger charge is 2.30. The van der Waals surface area contributed by atoms with Crippen molar-refractivity contribution in [1.29, 1.82) is 0 Å². The van der Waals surface area contributed by atoms with Crippen molar-refractivity contribution in [3.63, 3.8) is 0 Å². The molecule has 0 heterocycles. The molecule has 0 spiro atoms. The van der Waals surface area contributed by atoms with Gasteiger partial charge in [0.2, 0.25) is 0 Å². The molecule has 2 unspecified atom stereocenters. The summed E-state index contributed by atoms with van der Waals surface area (Å²) < 4.78 is 0. The first-order chi connectivity index (χ1) is 31.3. The number of anilines is 4. The average Bonchev–Trinajstić information content (AvgIpc) is 3.33. The zero-order valence-electron chi connectivity index (χ0n) is 37.1. The molecule has 2 heteroatoms. The Morgan fingerprint density at radius 2 is 0.734 bits per heavy atom. The number of benzene rings is 9. The van der Waals surface area contributed by atoms with Crippen LogP contribution < -0.4 is 9.80 Å². The normalized spacial score (nSPS) is 16.1. The minimum absolute atomic E-state index is 0.107. The summed E-state index contributed by atoms with van der Waals surface area (Å²) in [7, 11) is 0. The fourth-order valence-electron chi connectivity index (χ4n) is 10.00. The van der Waals surface area contributed by atoms with Crippen molar-refractivity contribution in [1.82, 2.24) is 0 Å². The Balaban J connectivity index is 1.27. The Morgan fingerprint density at radius 1 is 0.359 bits per heavy atom. The molecule has 310 valence electrons. The molecule has 2 aliphatic carbocycles. The highest BCUT2D eigenvalue weighted by molar-refractivity contribution is 6.23. The van der Waals surface area contributed by atoms with E-state index in [2.05, 4.69) is 244 Å². The van der Waals surface area contributed by atoms with Crippen molar-refractivity contribution < 1.29 is 0 Å². The van der Waals surface area contributed by atoms with Crippen LogP contribution in [-0.4, -0.2) is 12.1 Å². The van der Waals surface area contributed by atoms with Gasteiger partial charge in [-0.1, -0.05) is 180 Å². The van der Waals surface area contributed by atoms with E-state index in [1.54, 1.807) is 0 Å². The molecule has 0 saturated carbocycles. The lowest BCUT2D eigenvalue weighted by atomic mass is 9.89. The van der Waals surface area contributed by atoms with Crippen LogP contribution in [0.1, 0.15) is 37.8 Å². The lowest BCUT2D eigenvalue weighted by molar-refractivity contribution is 0.781. The van der Waals surface area contributed by atoms with Gasteiger partial charge in [-0.15, -0.1) is 0 Å². The molecule has 0 bridgehead atoms. The van der Waals surface area contributed by atoms with E-state index >= 15 is 0 Å². The first-order valence-electron chi connectivity index (χ1n) is 22.8. The molecule has 0 amide bonds. The van der Waals surface area contributed by atoms with E-state index in [-0.39, 0.29) is 12.1 Å². The number of nitrogens with zero attached hydrogens (tertiary/aromatic N) is 2. The number of fused-ring (bicyclic) bond motifs is 4. The molecule has 2 aliphatic rings. The number of rotatable bonds is 8. The quantitative estimate of drug-likeness (QED) is 0.111. The first kappa shape index (κ1) is 39.4. The molecule has 0 radical (unpaired) electrons. The SMILES string of the molecule is CC1=CCC(N(c2ccc(C)cc2)c2c3ccc(-c4ccc5ccccc5c4)cc3c(N(c3ccc(C)cc3)C3C=CC(C)=CC3)c3ccc(-c4ccc5ccccc5c4)cc23)C=C1. The summed E-state index contributed by atoms with van der Waals surface area (Å²) in [4.78, 5) is 5.27. The summed E-state index contributed by atoms with van der Waals surface area (Å²) >= 11 is 0. The predicted octanol–water partition coefficient (Wildman–Crippen LogP) is 17.1. The third-order valence-corrected chi connectivity index (χ3v) is 13.5. The number of hydrogen-bond donors (Lipinski definition) is 0. The second kappa shape index (κ2) is 16.4. The molecule has 0 aliphatic heterocycles. The zero-order valence-corrected chi connectivity index (χ0v) is 37.1.